The summed E-state index contributed by atoms with van der Waals surface area (Å²) in [6.45, 7) is 10.0. The molecule has 1 amide bonds. The van der Waals surface area contributed by atoms with Crippen LogP contribution in [0.15, 0.2) is 36.7 Å². The van der Waals surface area contributed by atoms with Crippen molar-refractivity contribution in [3.63, 3.8) is 0 Å². The second-order valence-electron chi connectivity index (χ2n) is 13.1. The zero-order chi connectivity index (χ0) is 28.1. The van der Waals surface area contributed by atoms with Crippen molar-refractivity contribution in [1.29, 1.82) is 0 Å². The van der Waals surface area contributed by atoms with Gasteiger partial charge in [0.25, 0.3) is 5.91 Å². The SMILES string of the molecule is CC1CC(c2cccc(NC(=O)c3cc(CN[C@@H](C)C4CCCC4)c4c(n3)C(C)(C)CO4)c2)(c2nncn2C)C1. The van der Waals surface area contributed by atoms with Gasteiger partial charge in [0.2, 0.25) is 0 Å². The molecule has 1 aromatic carbocycles. The van der Waals surface area contributed by atoms with Crippen molar-refractivity contribution < 1.29 is 9.53 Å². The first-order valence-electron chi connectivity index (χ1n) is 14.8. The molecule has 3 aliphatic rings. The van der Waals surface area contributed by atoms with Gasteiger partial charge in [0.05, 0.1) is 17.7 Å². The molecule has 2 N–H and O–H groups in total. The zero-order valence-corrected chi connectivity index (χ0v) is 24.5. The number of ether oxygens (including phenoxy) is 1. The molecule has 6 rings (SSSR count). The standard InChI is InChI=1S/C32H42N6O2/c1-20-15-32(16-20,30-37-34-19-38(30)5)24-11-8-12-25(14-24)35-29(39)26-13-23(17-33-21(2)22-9-6-7-10-22)27-28(36-26)31(3,4)18-40-27/h8,11-14,19-22,33H,6-7,9-10,15-18H2,1-5H3,(H,35,39)/t20?,21-,32?/m0/s1. The summed E-state index contributed by atoms with van der Waals surface area (Å²) in [5, 5.41) is 15.5. The molecule has 0 saturated heterocycles. The van der Waals surface area contributed by atoms with Crippen molar-refractivity contribution in [3.05, 3.63) is 65.0 Å². The van der Waals surface area contributed by atoms with E-state index in [1.807, 2.05) is 29.8 Å². The van der Waals surface area contributed by atoms with Gasteiger partial charge in [-0.25, -0.2) is 4.98 Å². The number of carbonyl (C=O) groups excluding carboxylic acids is 1. The Kier molecular flexibility index (Phi) is 6.93. The number of nitrogens with zero attached hydrogens (tertiary/aromatic N) is 4. The first-order chi connectivity index (χ1) is 19.2. The van der Waals surface area contributed by atoms with E-state index in [1.54, 1.807) is 6.33 Å². The lowest BCUT2D eigenvalue weighted by atomic mass is 9.58. The maximum atomic E-state index is 13.6. The summed E-state index contributed by atoms with van der Waals surface area (Å²) in [6, 6.07) is 10.5. The van der Waals surface area contributed by atoms with E-state index < -0.39 is 0 Å². The summed E-state index contributed by atoms with van der Waals surface area (Å²) < 4.78 is 8.15. The molecule has 212 valence electrons. The lowest BCUT2D eigenvalue weighted by Gasteiger charge is -2.46. The van der Waals surface area contributed by atoms with Crippen LogP contribution in [0.25, 0.3) is 0 Å². The molecule has 3 heterocycles. The van der Waals surface area contributed by atoms with Crippen LogP contribution in [0.1, 0.15) is 99.4 Å². The van der Waals surface area contributed by atoms with Gasteiger partial charge in [-0.15, -0.1) is 10.2 Å². The van der Waals surface area contributed by atoms with Crippen LogP contribution in [0, 0.1) is 11.8 Å². The van der Waals surface area contributed by atoms with E-state index in [1.165, 1.54) is 25.7 Å². The molecule has 2 aromatic heterocycles. The first kappa shape index (κ1) is 26.9. The third-order valence-corrected chi connectivity index (χ3v) is 9.43. The number of hydrogen-bond donors (Lipinski definition) is 2. The Bertz CT molecular complexity index is 1400. The number of amides is 1. The molecule has 0 spiro atoms. The molecule has 2 saturated carbocycles. The fourth-order valence-corrected chi connectivity index (χ4v) is 7.15. The van der Waals surface area contributed by atoms with E-state index >= 15 is 0 Å². The minimum atomic E-state index is -0.249. The highest BCUT2D eigenvalue weighted by molar-refractivity contribution is 6.03. The highest BCUT2D eigenvalue weighted by Gasteiger charge is 2.48. The summed E-state index contributed by atoms with van der Waals surface area (Å²) in [6.07, 6.45) is 9.00. The van der Waals surface area contributed by atoms with Gasteiger partial charge in [-0.2, -0.15) is 0 Å². The highest BCUT2D eigenvalue weighted by atomic mass is 16.5. The summed E-state index contributed by atoms with van der Waals surface area (Å²) in [4.78, 5) is 18.5. The van der Waals surface area contributed by atoms with Crippen LogP contribution in [0.3, 0.4) is 0 Å². The van der Waals surface area contributed by atoms with Crippen LogP contribution in [-0.2, 0) is 24.4 Å². The van der Waals surface area contributed by atoms with E-state index in [4.69, 9.17) is 9.72 Å². The summed E-state index contributed by atoms with van der Waals surface area (Å²) in [5.41, 5.74) is 3.77. The van der Waals surface area contributed by atoms with E-state index in [2.05, 4.69) is 60.7 Å². The summed E-state index contributed by atoms with van der Waals surface area (Å²) in [5.74, 6) is 2.92. The second-order valence-corrected chi connectivity index (χ2v) is 13.1. The second kappa shape index (κ2) is 10.3. The van der Waals surface area contributed by atoms with E-state index in [-0.39, 0.29) is 16.7 Å². The van der Waals surface area contributed by atoms with Crippen LogP contribution in [0.2, 0.25) is 0 Å². The van der Waals surface area contributed by atoms with Crippen LogP contribution in [-0.4, -0.2) is 38.3 Å². The van der Waals surface area contributed by atoms with E-state index in [9.17, 15) is 4.79 Å². The molecule has 8 nitrogen and oxygen atoms in total. The molecule has 0 radical (unpaired) electrons. The molecule has 1 aliphatic heterocycles. The lowest BCUT2D eigenvalue weighted by molar-refractivity contribution is 0.102. The molecule has 2 aliphatic carbocycles. The number of carbonyl (C=O) groups is 1. The minimum Gasteiger partial charge on any atom is -0.490 e. The lowest BCUT2D eigenvalue weighted by Crippen LogP contribution is -2.43. The first-order valence-corrected chi connectivity index (χ1v) is 14.8. The van der Waals surface area contributed by atoms with Crippen molar-refractivity contribution in [3.8, 4) is 5.75 Å². The molecular formula is C32H42N6O2. The van der Waals surface area contributed by atoms with Gasteiger partial charge < -0.3 is 19.9 Å². The number of benzene rings is 1. The van der Waals surface area contributed by atoms with Gasteiger partial charge in [-0.3, -0.25) is 4.79 Å². The normalized spacial score (nSPS) is 24.3. The fraction of sp³-hybridized carbons (Fsp3) is 0.562. The average molecular weight is 543 g/mol. The Morgan fingerprint density at radius 1 is 1.20 bits per heavy atom. The number of rotatable bonds is 8. The third kappa shape index (κ3) is 4.80. The Hall–Kier alpha value is -3.26. The molecular weight excluding hydrogens is 500 g/mol. The average Bonchev–Trinajstić information content (AvgIpc) is 3.66. The Morgan fingerprint density at radius 2 is 1.98 bits per heavy atom. The van der Waals surface area contributed by atoms with Crippen molar-refractivity contribution in [2.45, 2.75) is 89.6 Å². The molecule has 0 unspecified atom stereocenters. The number of fused-ring (bicyclic) bond motifs is 1. The number of nitrogens with one attached hydrogen (secondary N) is 2. The predicted octanol–water partition coefficient (Wildman–Crippen LogP) is 5.52. The van der Waals surface area contributed by atoms with Crippen molar-refractivity contribution in [1.82, 2.24) is 25.1 Å². The maximum absolute atomic E-state index is 13.6. The monoisotopic (exact) mass is 542 g/mol. The molecule has 3 aromatic rings. The molecule has 1 atom stereocenters. The largest absolute Gasteiger partial charge is 0.490 e. The van der Waals surface area contributed by atoms with E-state index in [0.717, 1.165) is 46.9 Å². The van der Waals surface area contributed by atoms with Gasteiger partial charge in [-0.05, 0) is 68.2 Å². The van der Waals surface area contributed by atoms with Gasteiger partial charge in [0.15, 0.2) is 0 Å². The fourth-order valence-electron chi connectivity index (χ4n) is 7.15. The topological polar surface area (TPSA) is 94.0 Å². The molecule has 2 fully saturated rings. The third-order valence-electron chi connectivity index (χ3n) is 9.43. The number of aromatic nitrogens is 4. The van der Waals surface area contributed by atoms with Crippen molar-refractivity contribution in [2.75, 3.05) is 11.9 Å². The number of anilines is 1. The summed E-state index contributed by atoms with van der Waals surface area (Å²) in [7, 11) is 2.00. The molecule has 40 heavy (non-hydrogen) atoms. The Balaban J connectivity index is 1.25. The highest BCUT2D eigenvalue weighted by Crippen LogP contribution is 2.51. The predicted molar refractivity (Wildman–Crippen MR) is 156 cm³/mol. The number of pyridine rings is 1. The minimum absolute atomic E-state index is 0.187. The van der Waals surface area contributed by atoms with Gasteiger partial charge in [0.1, 0.15) is 23.6 Å². The van der Waals surface area contributed by atoms with Gasteiger partial charge >= 0.3 is 0 Å². The molecule has 8 heteroatoms. The number of hydrogen-bond acceptors (Lipinski definition) is 6. The quantitative estimate of drug-likeness (QED) is 0.390. The smallest absolute Gasteiger partial charge is 0.274 e. The van der Waals surface area contributed by atoms with Gasteiger partial charge in [0, 0.05) is 36.3 Å². The number of aryl methyl sites for hydroxylation is 1. The van der Waals surface area contributed by atoms with Crippen molar-refractivity contribution in [2.24, 2.45) is 18.9 Å². The Morgan fingerprint density at radius 3 is 2.67 bits per heavy atom. The Labute approximate surface area is 237 Å². The summed E-state index contributed by atoms with van der Waals surface area (Å²) >= 11 is 0. The van der Waals surface area contributed by atoms with Crippen LogP contribution >= 0.6 is 0 Å². The van der Waals surface area contributed by atoms with Crippen LogP contribution < -0.4 is 15.4 Å². The molecule has 0 bridgehead atoms. The van der Waals surface area contributed by atoms with E-state index in [0.29, 0.717) is 36.7 Å². The zero-order valence-electron chi connectivity index (χ0n) is 24.5. The van der Waals surface area contributed by atoms with Crippen molar-refractivity contribution >= 4 is 11.6 Å². The van der Waals surface area contributed by atoms with Crippen LogP contribution in [0.5, 0.6) is 5.75 Å². The van der Waals surface area contributed by atoms with Crippen LogP contribution in [0.4, 0.5) is 5.69 Å². The van der Waals surface area contributed by atoms with Gasteiger partial charge in [-0.1, -0.05) is 45.7 Å². The maximum Gasteiger partial charge on any atom is 0.274 e.